The van der Waals surface area contributed by atoms with Gasteiger partial charge in [0.1, 0.15) is 6.61 Å². The fraction of sp³-hybridized carbons (Fsp3) is 0.150. The number of fused-ring (bicyclic) bond motifs is 1. The summed E-state index contributed by atoms with van der Waals surface area (Å²) in [6.07, 6.45) is -0.957. The maximum absolute atomic E-state index is 14.3. The Hall–Kier alpha value is -3.11. The number of hydrogen-bond acceptors (Lipinski definition) is 6. The summed E-state index contributed by atoms with van der Waals surface area (Å²) in [4.78, 5) is 11.5. The number of anilines is 1. The van der Waals surface area contributed by atoms with Gasteiger partial charge < -0.3 is 15.6 Å². The van der Waals surface area contributed by atoms with Gasteiger partial charge in [-0.25, -0.2) is 9.37 Å². The number of nitrogens with zero attached hydrogens (tertiary/aromatic N) is 4. The van der Waals surface area contributed by atoms with Crippen molar-refractivity contribution >= 4 is 32.9 Å². The van der Waals surface area contributed by atoms with Gasteiger partial charge in [-0.3, -0.25) is 4.57 Å². The summed E-state index contributed by atoms with van der Waals surface area (Å²) in [5, 5.41) is 9.23. The Labute approximate surface area is 178 Å². The highest BCUT2D eigenvalue weighted by Crippen LogP contribution is 2.26. The van der Waals surface area contributed by atoms with Crippen LogP contribution in [0, 0.1) is 11.9 Å². The van der Waals surface area contributed by atoms with E-state index in [1.807, 2.05) is 6.07 Å². The van der Waals surface area contributed by atoms with E-state index in [1.54, 1.807) is 34.9 Å². The molecule has 0 spiro atoms. The normalized spacial score (nSPS) is 11.2. The molecule has 0 unspecified atom stereocenters. The van der Waals surface area contributed by atoms with Gasteiger partial charge in [-0.2, -0.15) is 14.4 Å². The molecule has 4 rings (SSSR count). The third-order valence-corrected chi connectivity index (χ3v) is 5.06. The lowest BCUT2D eigenvalue weighted by atomic mass is 10.1. The SMILES string of the molecule is Nc1nc(F)nc2c1nc(Br)n2Cc1ccc(F)c(OCc2cccc(CO)c2)c1. The molecule has 0 saturated carbocycles. The van der Waals surface area contributed by atoms with Gasteiger partial charge in [-0.15, -0.1) is 0 Å². The van der Waals surface area contributed by atoms with Crippen molar-refractivity contribution in [3.05, 3.63) is 75.8 Å². The number of nitrogen functional groups attached to an aromatic ring is 1. The van der Waals surface area contributed by atoms with Gasteiger partial charge in [0.25, 0.3) is 0 Å². The Morgan fingerprint density at radius 2 is 1.83 bits per heavy atom. The molecule has 0 aliphatic heterocycles. The van der Waals surface area contributed by atoms with Crippen molar-refractivity contribution in [2.24, 2.45) is 0 Å². The Balaban J connectivity index is 1.59. The van der Waals surface area contributed by atoms with Crippen LogP contribution in [0.1, 0.15) is 16.7 Å². The molecule has 154 valence electrons. The molecule has 7 nitrogen and oxygen atoms in total. The zero-order valence-electron chi connectivity index (χ0n) is 15.5. The average molecular weight is 476 g/mol. The van der Waals surface area contributed by atoms with Gasteiger partial charge in [-0.1, -0.05) is 30.3 Å². The maximum Gasteiger partial charge on any atom is 0.312 e. The second-order valence-corrected chi connectivity index (χ2v) is 7.26. The molecule has 0 fully saturated rings. The van der Waals surface area contributed by atoms with E-state index in [2.05, 4.69) is 30.9 Å². The number of rotatable bonds is 6. The first kappa shape index (κ1) is 20.2. The number of halogens is 3. The van der Waals surface area contributed by atoms with Crippen LogP contribution in [0.3, 0.4) is 0 Å². The summed E-state index contributed by atoms with van der Waals surface area (Å²) in [5.74, 6) is -0.503. The van der Waals surface area contributed by atoms with Gasteiger partial charge in [0.05, 0.1) is 13.2 Å². The lowest BCUT2D eigenvalue weighted by Crippen LogP contribution is -2.05. The first-order chi connectivity index (χ1) is 14.4. The second kappa shape index (κ2) is 8.33. The van der Waals surface area contributed by atoms with E-state index in [-0.39, 0.29) is 42.5 Å². The molecule has 2 aromatic carbocycles. The van der Waals surface area contributed by atoms with E-state index in [1.165, 1.54) is 6.07 Å². The van der Waals surface area contributed by atoms with E-state index in [0.29, 0.717) is 10.3 Å². The number of ether oxygens (including phenoxy) is 1. The highest BCUT2D eigenvalue weighted by atomic mass is 79.9. The minimum absolute atomic E-state index is 0.0646. The third kappa shape index (κ3) is 4.10. The Morgan fingerprint density at radius 3 is 2.63 bits per heavy atom. The summed E-state index contributed by atoms with van der Waals surface area (Å²) in [7, 11) is 0. The predicted octanol–water partition coefficient (Wildman–Crippen LogP) is 3.57. The van der Waals surface area contributed by atoms with Crippen LogP contribution >= 0.6 is 15.9 Å². The topological polar surface area (TPSA) is 99.1 Å². The molecule has 0 aliphatic carbocycles. The van der Waals surface area contributed by atoms with E-state index in [4.69, 9.17) is 10.5 Å². The van der Waals surface area contributed by atoms with E-state index < -0.39 is 11.9 Å². The molecular weight excluding hydrogens is 460 g/mol. The summed E-state index contributed by atoms with van der Waals surface area (Å²) < 4.78 is 35.5. The molecule has 0 aliphatic rings. The summed E-state index contributed by atoms with van der Waals surface area (Å²) >= 11 is 3.31. The van der Waals surface area contributed by atoms with E-state index in [0.717, 1.165) is 11.1 Å². The third-order valence-electron chi connectivity index (χ3n) is 4.45. The van der Waals surface area contributed by atoms with Crippen molar-refractivity contribution in [3.63, 3.8) is 0 Å². The molecule has 0 amide bonds. The van der Waals surface area contributed by atoms with Crippen LogP contribution in [0.2, 0.25) is 0 Å². The number of aliphatic hydroxyl groups is 1. The largest absolute Gasteiger partial charge is 0.486 e. The summed E-state index contributed by atoms with van der Waals surface area (Å²) in [5.41, 5.74) is 8.45. The average Bonchev–Trinajstić information content (AvgIpc) is 3.04. The minimum atomic E-state index is -0.957. The van der Waals surface area contributed by atoms with Crippen LogP contribution in [0.4, 0.5) is 14.6 Å². The lowest BCUT2D eigenvalue weighted by Gasteiger charge is -2.11. The molecule has 0 bridgehead atoms. The number of imidazole rings is 1. The Kier molecular flexibility index (Phi) is 5.60. The quantitative estimate of drug-likeness (QED) is 0.326. The van der Waals surface area contributed by atoms with E-state index in [9.17, 15) is 13.9 Å². The minimum Gasteiger partial charge on any atom is -0.486 e. The molecule has 30 heavy (non-hydrogen) atoms. The van der Waals surface area contributed by atoms with Gasteiger partial charge in [0.2, 0.25) is 0 Å². The van der Waals surface area contributed by atoms with Crippen LogP contribution in [-0.4, -0.2) is 24.6 Å². The lowest BCUT2D eigenvalue weighted by molar-refractivity contribution is 0.278. The molecule has 0 radical (unpaired) electrons. The zero-order valence-corrected chi connectivity index (χ0v) is 17.1. The van der Waals surface area contributed by atoms with Crippen molar-refractivity contribution in [2.45, 2.75) is 19.8 Å². The number of benzene rings is 2. The first-order valence-electron chi connectivity index (χ1n) is 8.89. The predicted molar refractivity (Wildman–Crippen MR) is 110 cm³/mol. The van der Waals surface area contributed by atoms with Gasteiger partial charge in [0.15, 0.2) is 33.3 Å². The first-order valence-corrected chi connectivity index (χ1v) is 9.68. The number of aromatic nitrogens is 4. The fourth-order valence-electron chi connectivity index (χ4n) is 3.03. The molecular formula is C20H16BrF2N5O2. The van der Waals surface area contributed by atoms with Crippen molar-refractivity contribution in [1.82, 2.24) is 19.5 Å². The molecule has 2 aromatic heterocycles. The second-order valence-electron chi connectivity index (χ2n) is 6.55. The standard InChI is InChI=1S/C20H16BrF2N5O2/c21-19-25-16-17(24)26-20(23)27-18(16)28(19)8-11-4-5-14(22)15(7-11)30-10-13-3-1-2-12(6-13)9-29/h1-7,29H,8-10H2,(H2,24,26,27). The summed E-state index contributed by atoms with van der Waals surface area (Å²) in [6, 6.07) is 11.6. The molecule has 2 heterocycles. The molecule has 4 aromatic rings. The van der Waals surface area contributed by atoms with Crippen molar-refractivity contribution in [1.29, 1.82) is 0 Å². The van der Waals surface area contributed by atoms with Crippen LogP contribution in [-0.2, 0) is 19.8 Å². The number of hydrogen-bond donors (Lipinski definition) is 2. The number of aliphatic hydroxyl groups excluding tert-OH is 1. The maximum atomic E-state index is 14.3. The zero-order chi connectivity index (χ0) is 21.3. The van der Waals surface area contributed by atoms with Crippen molar-refractivity contribution < 1.29 is 18.6 Å². The van der Waals surface area contributed by atoms with E-state index >= 15 is 0 Å². The smallest absolute Gasteiger partial charge is 0.312 e. The summed E-state index contributed by atoms with van der Waals surface area (Å²) in [6.45, 7) is 0.282. The monoisotopic (exact) mass is 475 g/mol. The fourth-order valence-corrected chi connectivity index (χ4v) is 3.50. The van der Waals surface area contributed by atoms with Gasteiger partial charge in [-0.05, 0) is 44.8 Å². The van der Waals surface area contributed by atoms with Gasteiger partial charge in [0, 0.05) is 0 Å². The number of nitrogens with two attached hydrogens (primary N) is 1. The molecule has 10 heteroatoms. The van der Waals surface area contributed by atoms with Crippen LogP contribution in [0.5, 0.6) is 5.75 Å². The van der Waals surface area contributed by atoms with Crippen LogP contribution in [0.25, 0.3) is 11.2 Å². The van der Waals surface area contributed by atoms with Crippen molar-refractivity contribution in [2.75, 3.05) is 5.73 Å². The van der Waals surface area contributed by atoms with Gasteiger partial charge >= 0.3 is 6.08 Å². The highest BCUT2D eigenvalue weighted by molar-refractivity contribution is 9.10. The Bertz CT molecular complexity index is 1230. The molecule has 3 N–H and O–H groups in total. The van der Waals surface area contributed by atoms with Crippen LogP contribution < -0.4 is 10.5 Å². The van der Waals surface area contributed by atoms with Crippen molar-refractivity contribution in [3.8, 4) is 5.75 Å². The highest BCUT2D eigenvalue weighted by Gasteiger charge is 2.16. The molecule has 0 saturated heterocycles. The Morgan fingerprint density at radius 1 is 1.03 bits per heavy atom. The molecule has 0 atom stereocenters. The van der Waals surface area contributed by atoms with Crippen LogP contribution in [0.15, 0.2) is 47.2 Å².